The van der Waals surface area contributed by atoms with E-state index < -0.39 is 10.0 Å². The minimum absolute atomic E-state index is 0.135. The van der Waals surface area contributed by atoms with Crippen molar-refractivity contribution in [1.82, 2.24) is 14.8 Å². The van der Waals surface area contributed by atoms with Crippen molar-refractivity contribution in [3.8, 4) is 0 Å². The number of nitrogens with one attached hydrogen (secondary N) is 3. The van der Waals surface area contributed by atoms with Crippen LogP contribution in [0.25, 0.3) is 0 Å². The summed E-state index contributed by atoms with van der Waals surface area (Å²) in [6.07, 6.45) is 2.07. The Hall–Kier alpha value is -2.43. The molecule has 0 radical (unpaired) electrons. The van der Waals surface area contributed by atoms with Crippen molar-refractivity contribution in [3.63, 3.8) is 0 Å². The number of hydrogen-bond donors (Lipinski definition) is 4. The van der Waals surface area contributed by atoms with E-state index in [1.807, 2.05) is 6.92 Å². The molecule has 1 aromatic heterocycles. The van der Waals surface area contributed by atoms with Crippen molar-refractivity contribution in [2.24, 2.45) is 0 Å². The Morgan fingerprint density at radius 3 is 2.52 bits per heavy atom. The molecule has 1 aromatic carbocycles. The summed E-state index contributed by atoms with van der Waals surface area (Å²) in [6, 6.07) is 6.47. The number of sulfonamides is 1. The van der Waals surface area contributed by atoms with Crippen molar-refractivity contribution in [3.05, 3.63) is 36.2 Å². The smallest absolute Gasteiger partial charge is 0.257 e. The monoisotopic (exact) mass is 366 g/mol. The van der Waals surface area contributed by atoms with Crippen LogP contribution in [0, 0.1) is 6.92 Å². The number of aromatic nitrogens is 2. The van der Waals surface area contributed by atoms with Gasteiger partial charge in [-0.3, -0.25) is 5.43 Å². The second kappa shape index (κ2) is 8.60. The molecule has 0 saturated heterocycles. The van der Waals surface area contributed by atoms with Crippen molar-refractivity contribution in [1.29, 1.82) is 0 Å². The molecule has 0 aliphatic rings. The van der Waals surface area contributed by atoms with E-state index in [9.17, 15) is 8.42 Å². The first-order valence-corrected chi connectivity index (χ1v) is 9.10. The standard InChI is InChI=1S/C15H22N6O3S/c1-11-4-6-12(7-5-11)25(22,23)21-20-15-13(16)14(18-10-19-15)17-8-3-9-24-2/h4-7,10,21H,3,8-9,16H2,1-2H3,(H2,17,18,19,20). The van der Waals surface area contributed by atoms with Crippen molar-refractivity contribution in [2.45, 2.75) is 18.2 Å². The number of benzene rings is 1. The maximum atomic E-state index is 12.3. The van der Waals surface area contributed by atoms with Crippen LogP contribution in [0.5, 0.6) is 0 Å². The molecule has 0 unspecified atom stereocenters. The number of aryl methyl sites for hydroxylation is 1. The molecule has 0 atom stereocenters. The van der Waals surface area contributed by atoms with Gasteiger partial charge in [0, 0.05) is 20.3 Å². The van der Waals surface area contributed by atoms with E-state index >= 15 is 0 Å². The van der Waals surface area contributed by atoms with Crippen LogP contribution < -0.4 is 21.3 Å². The fraction of sp³-hybridized carbons (Fsp3) is 0.333. The van der Waals surface area contributed by atoms with E-state index in [4.69, 9.17) is 10.5 Å². The summed E-state index contributed by atoms with van der Waals surface area (Å²) in [6.45, 7) is 3.11. The van der Waals surface area contributed by atoms with Gasteiger partial charge in [0.15, 0.2) is 11.6 Å². The van der Waals surface area contributed by atoms with Crippen LogP contribution in [0.15, 0.2) is 35.5 Å². The lowest BCUT2D eigenvalue weighted by Gasteiger charge is -2.13. The molecule has 0 bridgehead atoms. The first-order valence-electron chi connectivity index (χ1n) is 7.62. The van der Waals surface area contributed by atoms with E-state index in [-0.39, 0.29) is 16.4 Å². The second-order valence-corrected chi connectivity index (χ2v) is 6.98. The van der Waals surface area contributed by atoms with E-state index in [0.717, 1.165) is 12.0 Å². The van der Waals surface area contributed by atoms with Gasteiger partial charge >= 0.3 is 0 Å². The molecule has 2 aromatic rings. The molecule has 136 valence electrons. The molecule has 2 rings (SSSR count). The summed E-state index contributed by atoms with van der Waals surface area (Å²) >= 11 is 0. The van der Waals surface area contributed by atoms with Crippen LogP contribution in [0.1, 0.15) is 12.0 Å². The second-order valence-electron chi connectivity index (χ2n) is 5.30. The summed E-state index contributed by atoms with van der Waals surface area (Å²) < 4.78 is 29.5. The van der Waals surface area contributed by atoms with Crippen LogP contribution in [-0.4, -0.2) is 38.6 Å². The summed E-state index contributed by atoms with van der Waals surface area (Å²) in [5, 5.41) is 3.05. The molecule has 0 amide bonds. The highest BCUT2D eigenvalue weighted by molar-refractivity contribution is 7.89. The summed E-state index contributed by atoms with van der Waals surface area (Å²) in [7, 11) is -2.12. The topological polar surface area (TPSA) is 131 Å². The van der Waals surface area contributed by atoms with E-state index in [2.05, 4.69) is 25.5 Å². The number of anilines is 3. The lowest BCUT2D eigenvalue weighted by atomic mass is 10.2. The molecular weight excluding hydrogens is 344 g/mol. The minimum Gasteiger partial charge on any atom is -0.393 e. The zero-order chi connectivity index (χ0) is 18.3. The van der Waals surface area contributed by atoms with Gasteiger partial charge in [0.25, 0.3) is 10.0 Å². The fourth-order valence-corrected chi connectivity index (χ4v) is 2.79. The summed E-state index contributed by atoms with van der Waals surface area (Å²) in [5.41, 5.74) is 9.68. The Morgan fingerprint density at radius 1 is 1.16 bits per heavy atom. The quantitative estimate of drug-likeness (QED) is 0.383. The number of methoxy groups -OCH3 is 1. The number of rotatable bonds is 9. The Kier molecular flexibility index (Phi) is 6.51. The van der Waals surface area contributed by atoms with E-state index in [0.29, 0.717) is 19.0 Å². The number of hydrazine groups is 1. The average molecular weight is 366 g/mol. The number of nitrogen functional groups attached to an aromatic ring is 1. The van der Waals surface area contributed by atoms with Crippen LogP contribution >= 0.6 is 0 Å². The zero-order valence-corrected chi connectivity index (χ0v) is 14.9. The Labute approximate surface area is 147 Å². The van der Waals surface area contributed by atoms with Gasteiger partial charge in [-0.05, 0) is 25.5 Å². The fourth-order valence-electron chi connectivity index (χ4n) is 1.95. The van der Waals surface area contributed by atoms with Gasteiger partial charge in [-0.2, -0.15) is 0 Å². The Bertz CT molecular complexity index is 795. The first kappa shape index (κ1) is 18.9. The molecule has 5 N–H and O–H groups in total. The molecule has 0 fully saturated rings. The van der Waals surface area contributed by atoms with E-state index in [1.54, 1.807) is 19.2 Å². The highest BCUT2D eigenvalue weighted by Crippen LogP contribution is 2.22. The van der Waals surface area contributed by atoms with Gasteiger partial charge in [-0.1, -0.05) is 17.7 Å². The largest absolute Gasteiger partial charge is 0.393 e. The summed E-state index contributed by atoms with van der Waals surface area (Å²) in [4.78, 5) is 10.4. The normalized spacial score (nSPS) is 11.3. The van der Waals surface area contributed by atoms with Crippen molar-refractivity contribution in [2.75, 3.05) is 36.7 Å². The predicted octanol–water partition coefficient (Wildman–Crippen LogP) is 1.12. The number of hydrogen-bond acceptors (Lipinski definition) is 8. The van der Waals surface area contributed by atoms with Gasteiger partial charge in [0.2, 0.25) is 0 Å². The molecule has 25 heavy (non-hydrogen) atoms. The third kappa shape index (κ3) is 5.28. The van der Waals surface area contributed by atoms with Crippen LogP contribution in [0.4, 0.5) is 17.3 Å². The highest BCUT2D eigenvalue weighted by Gasteiger charge is 2.15. The third-order valence-electron chi connectivity index (χ3n) is 3.34. The van der Waals surface area contributed by atoms with Gasteiger partial charge in [0.05, 0.1) is 4.90 Å². The van der Waals surface area contributed by atoms with Crippen LogP contribution in [-0.2, 0) is 14.8 Å². The molecule has 0 spiro atoms. The van der Waals surface area contributed by atoms with Crippen molar-refractivity contribution >= 4 is 27.3 Å². The maximum absolute atomic E-state index is 12.3. The number of nitrogens with two attached hydrogens (primary N) is 1. The van der Waals surface area contributed by atoms with Crippen molar-refractivity contribution < 1.29 is 13.2 Å². The molecule has 0 aliphatic heterocycles. The molecule has 9 nitrogen and oxygen atoms in total. The molecule has 0 aliphatic carbocycles. The number of nitrogens with zero attached hydrogens (tertiary/aromatic N) is 2. The first-order chi connectivity index (χ1) is 11.9. The highest BCUT2D eigenvalue weighted by atomic mass is 32.2. The Morgan fingerprint density at radius 2 is 1.84 bits per heavy atom. The molecule has 1 heterocycles. The molecule has 10 heteroatoms. The van der Waals surface area contributed by atoms with E-state index in [1.165, 1.54) is 18.5 Å². The van der Waals surface area contributed by atoms with Crippen LogP contribution in [0.2, 0.25) is 0 Å². The molecule has 0 saturated carbocycles. The van der Waals surface area contributed by atoms with Crippen LogP contribution in [0.3, 0.4) is 0 Å². The van der Waals surface area contributed by atoms with Gasteiger partial charge in [0.1, 0.15) is 12.0 Å². The van der Waals surface area contributed by atoms with Gasteiger partial charge in [-0.15, -0.1) is 4.83 Å². The third-order valence-corrected chi connectivity index (χ3v) is 4.60. The lowest BCUT2D eigenvalue weighted by molar-refractivity contribution is 0.198. The lowest BCUT2D eigenvalue weighted by Crippen LogP contribution is -2.30. The Balaban J connectivity index is 2.03. The van der Waals surface area contributed by atoms with Gasteiger partial charge in [-0.25, -0.2) is 18.4 Å². The predicted molar refractivity (Wildman–Crippen MR) is 96.6 cm³/mol. The average Bonchev–Trinajstić information content (AvgIpc) is 2.59. The number of ether oxygens (including phenoxy) is 1. The SMILES string of the molecule is COCCCNc1ncnc(NNS(=O)(=O)c2ccc(C)cc2)c1N. The molecular formula is C15H22N6O3S. The van der Waals surface area contributed by atoms with Gasteiger partial charge < -0.3 is 15.8 Å². The maximum Gasteiger partial charge on any atom is 0.257 e. The minimum atomic E-state index is -3.74. The zero-order valence-electron chi connectivity index (χ0n) is 14.1. The summed E-state index contributed by atoms with van der Waals surface area (Å²) in [5.74, 6) is 0.586.